The van der Waals surface area contributed by atoms with Crippen LogP contribution in [0.2, 0.25) is 5.02 Å². The summed E-state index contributed by atoms with van der Waals surface area (Å²) in [4.78, 5) is 14.9. The van der Waals surface area contributed by atoms with Crippen molar-refractivity contribution in [2.24, 2.45) is 0 Å². The van der Waals surface area contributed by atoms with E-state index in [4.69, 9.17) is 11.6 Å². The number of imidazole rings is 1. The summed E-state index contributed by atoms with van der Waals surface area (Å²) in [6.45, 7) is 4.08. The molecule has 0 saturated carbocycles. The third-order valence-corrected chi connectivity index (χ3v) is 3.63. The predicted octanol–water partition coefficient (Wildman–Crippen LogP) is 3.59. The van der Waals surface area contributed by atoms with E-state index in [0.717, 1.165) is 22.3 Å². The van der Waals surface area contributed by atoms with Crippen molar-refractivity contribution in [2.75, 3.05) is 0 Å². The Labute approximate surface area is 115 Å². The van der Waals surface area contributed by atoms with Gasteiger partial charge < -0.3 is 4.98 Å². The Kier molecular flexibility index (Phi) is 2.72. The first-order chi connectivity index (χ1) is 9.06. The highest BCUT2D eigenvalue weighted by Crippen LogP contribution is 2.21. The van der Waals surface area contributed by atoms with Gasteiger partial charge in [0.1, 0.15) is 0 Å². The van der Waals surface area contributed by atoms with Crippen LogP contribution < -0.4 is 5.69 Å². The maximum Gasteiger partial charge on any atom is 0.331 e. The topological polar surface area (TPSA) is 37.8 Å². The van der Waals surface area contributed by atoms with Gasteiger partial charge in [0.2, 0.25) is 0 Å². The zero-order chi connectivity index (χ0) is 13.6. The van der Waals surface area contributed by atoms with Crippen molar-refractivity contribution in [2.45, 2.75) is 13.8 Å². The van der Waals surface area contributed by atoms with Crippen LogP contribution in [0.25, 0.3) is 16.7 Å². The van der Waals surface area contributed by atoms with E-state index in [1.165, 1.54) is 5.56 Å². The summed E-state index contributed by atoms with van der Waals surface area (Å²) in [7, 11) is 0. The van der Waals surface area contributed by atoms with Crippen LogP contribution in [-0.2, 0) is 0 Å². The number of halogens is 1. The van der Waals surface area contributed by atoms with Crippen LogP contribution in [0.15, 0.2) is 41.2 Å². The molecule has 0 atom stereocenters. The number of fused-ring (bicyclic) bond motifs is 1. The van der Waals surface area contributed by atoms with Gasteiger partial charge in [0.05, 0.1) is 16.7 Å². The normalized spacial score (nSPS) is 11.1. The van der Waals surface area contributed by atoms with E-state index in [9.17, 15) is 4.79 Å². The molecular weight excluding hydrogens is 260 g/mol. The van der Waals surface area contributed by atoms with Crippen molar-refractivity contribution in [1.82, 2.24) is 9.55 Å². The minimum absolute atomic E-state index is 0.152. The number of nitrogens with one attached hydrogen (secondary N) is 1. The highest BCUT2D eigenvalue weighted by atomic mass is 35.5. The fourth-order valence-electron chi connectivity index (χ4n) is 2.20. The summed E-state index contributed by atoms with van der Waals surface area (Å²) in [5.74, 6) is 0. The Morgan fingerprint density at radius 2 is 1.84 bits per heavy atom. The first kappa shape index (κ1) is 12.1. The van der Waals surface area contributed by atoms with Crippen molar-refractivity contribution in [1.29, 1.82) is 0 Å². The van der Waals surface area contributed by atoms with Gasteiger partial charge in [-0.25, -0.2) is 4.79 Å². The lowest BCUT2D eigenvalue weighted by atomic mass is 10.1. The fourth-order valence-corrected chi connectivity index (χ4v) is 2.36. The molecule has 0 saturated heterocycles. The van der Waals surface area contributed by atoms with E-state index >= 15 is 0 Å². The van der Waals surface area contributed by atoms with E-state index in [-0.39, 0.29) is 5.69 Å². The molecule has 0 aliphatic rings. The van der Waals surface area contributed by atoms with Gasteiger partial charge >= 0.3 is 5.69 Å². The lowest BCUT2D eigenvalue weighted by molar-refractivity contribution is 1.01. The number of hydrogen-bond acceptors (Lipinski definition) is 1. The minimum atomic E-state index is -0.152. The minimum Gasteiger partial charge on any atom is -0.305 e. The van der Waals surface area contributed by atoms with E-state index in [1.54, 1.807) is 16.7 Å². The lowest BCUT2D eigenvalue weighted by Crippen LogP contribution is -2.14. The van der Waals surface area contributed by atoms with Gasteiger partial charge in [-0.15, -0.1) is 0 Å². The Balaban J connectivity index is 2.35. The van der Waals surface area contributed by atoms with Crippen molar-refractivity contribution in [3.63, 3.8) is 0 Å². The number of nitrogens with zero attached hydrogens (tertiary/aromatic N) is 1. The molecule has 96 valence electrons. The van der Waals surface area contributed by atoms with Gasteiger partial charge in [-0.3, -0.25) is 4.57 Å². The fraction of sp³-hybridized carbons (Fsp3) is 0.133. The van der Waals surface area contributed by atoms with Crippen molar-refractivity contribution in [3.8, 4) is 5.69 Å². The number of benzene rings is 2. The van der Waals surface area contributed by atoms with Gasteiger partial charge in [0, 0.05) is 5.02 Å². The van der Waals surface area contributed by atoms with Crippen LogP contribution >= 0.6 is 11.6 Å². The molecule has 0 fully saturated rings. The van der Waals surface area contributed by atoms with Gasteiger partial charge in [0.25, 0.3) is 0 Å². The first-order valence-electron chi connectivity index (χ1n) is 6.04. The SMILES string of the molecule is Cc1ccc(-n2c(=O)[nH]c3ccc(Cl)cc32)cc1C. The number of rotatable bonds is 1. The van der Waals surface area contributed by atoms with E-state index in [2.05, 4.69) is 4.98 Å². The Hall–Kier alpha value is -2.00. The lowest BCUT2D eigenvalue weighted by Gasteiger charge is -2.06. The highest BCUT2D eigenvalue weighted by Gasteiger charge is 2.09. The predicted molar refractivity (Wildman–Crippen MR) is 78.4 cm³/mol. The Morgan fingerprint density at radius 1 is 1.05 bits per heavy atom. The zero-order valence-corrected chi connectivity index (χ0v) is 11.5. The third-order valence-electron chi connectivity index (χ3n) is 3.39. The number of H-pyrrole nitrogens is 1. The Morgan fingerprint density at radius 3 is 2.58 bits per heavy atom. The number of aromatic nitrogens is 2. The molecule has 0 amide bonds. The molecule has 3 nitrogen and oxygen atoms in total. The molecule has 0 aliphatic heterocycles. The molecule has 4 heteroatoms. The summed E-state index contributed by atoms with van der Waals surface area (Å²) in [6.07, 6.45) is 0. The number of aryl methyl sites for hydroxylation is 2. The summed E-state index contributed by atoms with van der Waals surface area (Å²) in [5, 5.41) is 0.615. The smallest absolute Gasteiger partial charge is 0.305 e. The molecule has 1 aromatic heterocycles. The first-order valence-corrected chi connectivity index (χ1v) is 6.42. The van der Waals surface area contributed by atoms with Crippen LogP contribution in [0, 0.1) is 13.8 Å². The summed E-state index contributed by atoms with van der Waals surface area (Å²) in [6, 6.07) is 11.3. The second kappa shape index (κ2) is 4.28. The van der Waals surface area contributed by atoms with Crippen LogP contribution in [-0.4, -0.2) is 9.55 Å². The molecule has 3 rings (SSSR count). The van der Waals surface area contributed by atoms with Crippen LogP contribution in [0.1, 0.15) is 11.1 Å². The maximum atomic E-state index is 12.1. The van der Waals surface area contributed by atoms with Gasteiger partial charge in [-0.2, -0.15) is 0 Å². The van der Waals surface area contributed by atoms with Gasteiger partial charge in [0.15, 0.2) is 0 Å². The second-order valence-corrected chi connectivity index (χ2v) is 5.13. The number of hydrogen-bond donors (Lipinski definition) is 1. The van der Waals surface area contributed by atoms with E-state index < -0.39 is 0 Å². The molecular formula is C15H13ClN2O. The summed E-state index contributed by atoms with van der Waals surface area (Å²) in [5.41, 5.74) is 4.63. The Bertz CT molecular complexity index is 830. The van der Waals surface area contributed by atoms with Crippen molar-refractivity contribution in [3.05, 3.63) is 63.0 Å². The van der Waals surface area contributed by atoms with Gasteiger partial charge in [-0.05, 0) is 55.3 Å². The largest absolute Gasteiger partial charge is 0.331 e. The van der Waals surface area contributed by atoms with Crippen LogP contribution in [0.5, 0.6) is 0 Å². The van der Waals surface area contributed by atoms with Crippen LogP contribution in [0.4, 0.5) is 0 Å². The molecule has 1 N–H and O–H groups in total. The summed E-state index contributed by atoms with van der Waals surface area (Å²) < 4.78 is 1.65. The van der Waals surface area contributed by atoms with E-state index in [1.807, 2.05) is 38.1 Å². The molecule has 3 aromatic rings. The molecule has 0 unspecified atom stereocenters. The monoisotopic (exact) mass is 272 g/mol. The van der Waals surface area contributed by atoms with E-state index in [0.29, 0.717) is 5.02 Å². The quantitative estimate of drug-likeness (QED) is 0.722. The molecule has 1 heterocycles. The highest BCUT2D eigenvalue weighted by molar-refractivity contribution is 6.31. The molecule has 19 heavy (non-hydrogen) atoms. The van der Waals surface area contributed by atoms with Crippen molar-refractivity contribution >= 4 is 22.6 Å². The molecule has 0 aliphatic carbocycles. The molecule has 0 bridgehead atoms. The summed E-state index contributed by atoms with van der Waals surface area (Å²) >= 11 is 6.01. The standard InChI is InChI=1S/C15H13ClN2O/c1-9-3-5-12(7-10(9)2)18-14-8-11(16)4-6-13(14)17-15(18)19/h3-8H,1-2H3,(H,17,19). The molecule has 2 aromatic carbocycles. The zero-order valence-electron chi connectivity index (χ0n) is 10.7. The molecule has 0 spiro atoms. The maximum absolute atomic E-state index is 12.1. The van der Waals surface area contributed by atoms with Gasteiger partial charge in [-0.1, -0.05) is 17.7 Å². The third kappa shape index (κ3) is 1.96. The second-order valence-electron chi connectivity index (χ2n) is 4.70. The van der Waals surface area contributed by atoms with Crippen LogP contribution in [0.3, 0.4) is 0 Å². The average Bonchev–Trinajstić information content (AvgIpc) is 2.68. The number of aromatic amines is 1. The molecule has 0 radical (unpaired) electrons. The average molecular weight is 273 g/mol. The van der Waals surface area contributed by atoms with Crippen molar-refractivity contribution < 1.29 is 0 Å².